The first kappa shape index (κ1) is 13.2. The molecule has 0 amide bonds. The second-order valence-electron chi connectivity index (χ2n) is 6.16. The SMILES string of the molecule is O=C1OC(=O)C2C1CC=C1CO[C@@H]3CC=CC[C@@H]3OCC12. The van der Waals surface area contributed by atoms with Crippen LogP contribution in [0.1, 0.15) is 19.3 Å². The molecule has 5 nitrogen and oxygen atoms in total. The quantitative estimate of drug-likeness (QED) is 0.383. The van der Waals surface area contributed by atoms with E-state index < -0.39 is 11.9 Å². The maximum absolute atomic E-state index is 12.0. The van der Waals surface area contributed by atoms with Gasteiger partial charge in [-0.05, 0) is 24.8 Å². The van der Waals surface area contributed by atoms with Gasteiger partial charge in [0.15, 0.2) is 0 Å². The summed E-state index contributed by atoms with van der Waals surface area (Å²) in [6, 6.07) is 0. The molecule has 3 unspecified atom stereocenters. The Balaban J connectivity index is 1.59. The van der Waals surface area contributed by atoms with E-state index in [1.54, 1.807) is 0 Å². The van der Waals surface area contributed by atoms with E-state index in [0.717, 1.165) is 18.4 Å². The number of cyclic esters (lactones) is 2. The van der Waals surface area contributed by atoms with Crippen molar-refractivity contribution in [2.45, 2.75) is 31.5 Å². The molecule has 5 atom stereocenters. The van der Waals surface area contributed by atoms with Crippen LogP contribution in [0.15, 0.2) is 23.8 Å². The monoisotopic (exact) mass is 290 g/mol. The van der Waals surface area contributed by atoms with E-state index in [0.29, 0.717) is 19.6 Å². The maximum atomic E-state index is 12.0. The molecule has 0 N–H and O–H groups in total. The Morgan fingerprint density at radius 3 is 2.48 bits per heavy atom. The number of rotatable bonds is 0. The summed E-state index contributed by atoms with van der Waals surface area (Å²) in [5.41, 5.74) is 1.08. The zero-order valence-corrected chi connectivity index (χ0v) is 11.7. The van der Waals surface area contributed by atoms with Gasteiger partial charge in [-0.25, -0.2) is 0 Å². The fraction of sp³-hybridized carbons (Fsp3) is 0.625. The summed E-state index contributed by atoms with van der Waals surface area (Å²) in [4.78, 5) is 23.7. The third-order valence-electron chi connectivity index (χ3n) is 5.03. The minimum atomic E-state index is -0.398. The summed E-state index contributed by atoms with van der Waals surface area (Å²) in [5, 5.41) is 0. The highest BCUT2D eigenvalue weighted by Crippen LogP contribution is 2.42. The molecule has 0 aromatic heterocycles. The summed E-state index contributed by atoms with van der Waals surface area (Å²) in [6.45, 7) is 0.988. The summed E-state index contributed by atoms with van der Waals surface area (Å²) >= 11 is 0. The Bertz CT molecular complexity index is 535. The van der Waals surface area contributed by atoms with Gasteiger partial charge in [0.25, 0.3) is 0 Å². The lowest BCUT2D eigenvalue weighted by molar-refractivity contribution is -0.154. The minimum Gasteiger partial charge on any atom is -0.393 e. The molecule has 5 heteroatoms. The van der Waals surface area contributed by atoms with Crippen molar-refractivity contribution in [2.24, 2.45) is 17.8 Å². The van der Waals surface area contributed by atoms with Crippen LogP contribution in [0.2, 0.25) is 0 Å². The molecule has 0 spiro atoms. The molecule has 0 aromatic rings. The number of carbonyl (C=O) groups excluding carboxylic acids is 2. The summed E-state index contributed by atoms with van der Waals surface area (Å²) in [5.74, 6) is -1.60. The smallest absolute Gasteiger partial charge is 0.318 e. The topological polar surface area (TPSA) is 61.8 Å². The van der Waals surface area contributed by atoms with Gasteiger partial charge in [-0.15, -0.1) is 0 Å². The van der Waals surface area contributed by atoms with Crippen LogP contribution in [0.5, 0.6) is 0 Å². The third-order valence-corrected chi connectivity index (χ3v) is 5.03. The lowest BCUT2D eigenvalue weighted by Gasteiger charge is -2.38. The average Bonchev–Trinajstić information content (AvgIpc) is 2.76. The van der Waals surface area contributed by atoms with Crippen molar-refractivity contribution in [2.75, 3.05) is 13.2 Å². The molecule has 2 aliphatic heterocycles. The van der Waals surface area contributed by atoms with Gasteiger partial charge in [-0.3, -0.25) is 9.59 Å². The van der Waals surface area contributed by atoms with Crippen LogP contribution in [0.4, 0.5) is 0 Å². The molecule has 2 saturated heterocycles. The normalized spacial score (nSPS) is 42.1. The molecule has 21 heavy (non-hydrogen) atoms. The first-order valence-electron chi connectivity index (χ1n) is 7.56. The minimum absolute atomic E-state index is 0.0463. The van der Waals surface area contributed by atoms with E-state index in [2.05, 4.69) is 12.2 Å². The Morgan fingerprint density at radius 2 is 1.67 bits per heavy atom. The highest BCUT2D eigenvalue weighted by atomic mass is 16.6. The lowest BCUT2D eigenvalue weighted by Crippen LogP contribution is -2.42. The molecular formula is C16H18O5. The van der Waals surface area contributed by atoms with Crippen LogP contribution < -0.4 is 0 Å². The Labute approximate surface area is 122 Å². The number of carbonyl (C=O) groups is 2. The van der Waals surface area contributed by atoms with Crippen LogP contribution in [0.3, 0.4) is 0 Å². The van der Waals surface area contributed by atoms with Crippen LogP contribution in [0.25, 0.3) is 0 Å². The van der Waals surface area contributed by atoms with Crippen molar-refractivity contribution in [3.8, 4) is 0 Å². The zero-order valence-electron chi connectivity index (χ0n) is 11.7. The Morgan fingerprint density at radius 1 is 0.905 bits per heavy atom. The van der Waals surface area contributed by atoms with Crippen molar-refractivity contribution in [3.63, 3.8) is 0 Å². The van der Waals surface area contributed by atoms with Crippen molar-refractivity contribution in [1.82, 2.24) is 0 Å². The number of fused-ring (bicyclic) bond motifs is 4. The van der Waals surface area contributed by atoms with Gasteiger partial charge in [0.05, 0.1) is 37.3 Å². The molecule has 4 aliphatic rings. The molecule has 4 rings (SSSR count). The predicted octanol–water partition coefficient (Wildman–Crippen LogP) is 1.38. The van der Waals surface area contributed by atoms with Gasteiger partial charge in [0.2, 0.25) is 0 Å². The van der Waals surface area contributed by atoms with E-state index in [9.17, 15) is 9.59 Å². The van der Waals surface area contributed by atoms with Gasteiger partial charge in [-0.2, -0.15) is 0 Å². The average molecular weight is 290 g/mol. The standard InChI is InChI=1S/C16H18O5/c17-15-10-6-5-9-7-19-12-3-1-2-4-13(12)20-8-11(9)14(10)16(18)21-15/h1-2,5,10-14H,3-4,6-8H2/t10?,11?,12-,13+,14?/m1/s1. The van der Waals surface area contributed by atoms with E-state index >= 15 is 0 Å². The number of hydrogen-bond donors (Lipinski definition) is 0. The number of allylic oxidation sites excluding steroid dienone is 1. The van der Waals surface area contributed by atoms with Crippen molar-refractivity contribution >= 4 is 11.9 Å². The second kappa shape index (κ2) is 5.07. The number of esters is 2. The van der Waals surface area contributed by atoms with E-state index in [1.165, 1.54) is 0 Å². The number of ether oxygens (including phenoxy) is 3. The molecular weight excluding hydrogens is 272 g/mol. The van der Waals surface area contributed by atoms with Crippen LogP contribution in [-0.4, -0.2) is 37.4 Å². The summed E-state index contributed by atoms with van der Waals surface area (Å²) < 4.78 is 16.8. The Hall–Kier alpha value is -1.46. The van der Waals surface area contributed by atoms with Crippen LogP contribution in [0, 0.1) is 17.8 Å². The summed E-state index contributed by atoms with van der Waals surface area (Å²) in [7, 11) is 0. The number of hydrogen-bond acceptors (Lipinski definition) is 5. The van der Waals surface area contributed by atoms with Gasteiger partial charge >= 0.3 is 11.9 Å². The fourth-order valence-electron chi connectivity index (χ4n) is 3.82. The van der Waals surface area contributed by atoms with E-state index in [1.807, 2.05) is 6.08 Å². The van der Waals surface area contributed by atoms with E-state index in [4.69, 9.17) is 14.2 Å². The predicted molar refractivity (Wildman–Crippen MR) is 72.1 cm³/mol. The molecule has 0 saturated carbocycles. The highest BCUT2D eigenvalue weighted by molar-refractivity contribution is 5.97. The van der Waals surface area contributed by atoms with Gasteiger partial charge in [0, 0.05) is 5.92 Å². The summed E-state index contributed by atoms with van der Waals surface area (Å²) in [6.07, 6.45) is 8.69. The lowest BCUT2D eigenvalue weighted by atomic mass is 9.73. The molecule has 0 aromatic carbocycles. The van der Waals surface area contributed by atoms with Gasteiger partial charge in [0.1, 0.15) is 0 Å². The van der Waals surface area contributed by atoms with Gasteiger partial charge in [-0.1, -0.05) is 18.2 Å². The van der Waals surface area contributed by atoms with Crippen molar-refractivity contribution in [3.05, 3.63) is 23.8 Å². The van der Waals surface area contributed by atoms with Crippen molar-refractivity contribution in [1.29, 1.82) is 0 Å². The maximum Gasteiger partial charge on any atom is 0.318 e. The third kappa shape index (κ3) is 2.15. The molecule has 2 aliphatic carbocycles. The van der Waals surface area contributed by atoms with Crippen molar-refractivity contribution < 1.29 is 23.8 Å². The molecule has 0 bridgehead atoms. The highest BCUT2D eigenvalue weighted by Gasteiger charge is 2.51. The van der Waals surface area contributed by atoms with Crippen LogP contribution in [-0.2, 0) is 23.8 Å². The Kier molecular flexibility index (Phi) is 3.19. The van der Waals surface area contributed by atoms with Gasteiger partial charge < -0.3 is 14.2 Å². The molecule has 2 fully saturated rings. The first-order chi connectivity index (χ1) is 10.2. The zero-order chi connectivity index (χ0) is 14.4. The molecule has 0 radical (unpaired) electrons. The molecule has 2 heterocycles. The second-order valence-corrected chi connectivity index (χ2v) is 6.16. The van der Waals surface area contributed by atoms with Crippen LogP contribution >= 0.6 is 0 Å². The van der Waals surface area contributed by atoms with E-state index in [-0.39, 0.29) is 30.0 Å². The first-order valence-corrected chi connectivity index (χ1v) is 7.56. The molecule has 112 valence electrons. The fourth-order valence-corrected chi connectivity index (χ4v) is 3.82. The largest absolute Gasteiger partial charge is 0.393 e.